The molecule has 0 aliphatic carbocycles. The Morgan fingerprint density at radius 3 is 3.04 bits per heavy atom. The van der Waals surface area contributed by atoms with Gasteiger partial charge in [-0.2, -0.15) is 22.7 Å². The van der Waals surface area contributed by atoms with E-state index in [1.165, 1.54) is 4.31 Å². The first-order chi connectivity index (χ1) is 12.0. The summed E-state index contributed by atoms with van der Waals surface area (Å²) in [5, 5.41) is 8.98. The van der Waals surface area contributed by atoms with E-state index >= 15 is 0 Å². The van der Waals surface area contributed by atoms with Crippen LogP contribution >= 0.6 is 0 Å². The summed E-state index contributed by atoms with van der Waals surface area (Å²) in [5.41, 5.74) is 2.15. The van der Waals surface area contributed by atoms with Crippen LogP contribution in [-0.4, -0.2) is 35.3 Å². The van der Waals surface area contributed by atoms with Crippen molar-refractivity contribution < 1.29 is 8.42 Å². The van der Waals surface area contributed by atoms with Gasteiger partial charge in [-0.15, -0.1) is 0 Å². The van der Waals surface area contributed by atoms with Gasteiger partial charge >= 0.3 is 0 Å². The number of piperidine rings is 1. The lowest BCUT2D eigenvalue weighted by Crippen LogP contribution is -2.47. The van der Waals surface area contributed by atoms with Crippen LogP contribution < -0.4 is 4.72 Å². The predicted octanol–water partition coefficient (Wildman–Crippen LogP) is 2.16. The van der Waals surface area contributed by atoms with Crippen molar-refractivity contribution in [3.63, 3.8) is 0 Å². The third-order valence-corrected chi connectivity index (χ3v) is 6.07. The highest BCUT2D eigenvalue weighted by Crippen LogP contribution is 2.20. The van der Waals surface area contributed by atoms with Gasteiger partial charge in [0.1, 0.15) is 5.82 Å². The molecule has 0 radical (unpaired) electrons. The van der Waals surface area contributed by atoms with Crippen LogP contribution in [0.4, 0.5) is 0 Å². The molecule has 1 aliphatic rings. The second-order valence-electron chi connectivity index (χ2n) is 6.22. The maximum Gasteiger partial charge on any atom is 0.280 e. The second kappa shape index (κ2) is 7.35. The van der Waals surface area contributed by atoms with E-state index in [9.17, 15) is 8.42 Å². The summed E-state index contributed by atoms with van der Waals surface area (Å²) in [6, 6.07) is 9.28. The van der Waals surface area contributed by atoms with E-state index in [4.69, 9.17) is 5.26 Å². The lowest BCUT2D eigenvalue weighted by Gasteiger charge is -2.32. The third-order valence-electron chi connectivity index (χ3n) is 4.40. The van der Waals surface area contributed by atoms with Gasteiger partial charge in [-0.25, -0.2) is 4.98 Å². The number of aromatic nitrogens is 2. The van der Waals surface area contributed by atoms with E-state index < -0.39 is 10.2 Å². The SMILES string of the molecule is CC1CCCCN1S(=O)(=O)NCc1ncc(-c2cccc(C#N)c2)[nH]1. The quantitative estimate of drug-likeness (QED) is 0.854. The number of aromatic amines is 1. The fourth-order valence-corrected chi connectivity index (χ4v) is 4.46. The molecule has 2 aromatic rings. The summed E-state index contributed by atoms with van der Waals surface area (Å²) in [5.74, 6) is 0.533. The molecule has 132 valence electrons. The Bertz CT molecular complexity index is 884. The topological polar surface area (TPSA) is 102 Å². The van der Waals surface area contributed by atoms with E-state index in [1.807, 2.05) is 13.0 Å². The summed E-state index contributed by atoms with van der Waals surface area (Å²) in [7, 11) is -3.52. The first kappa shape index (κ1) is 17.6. The van der Waals surface area contributed by atoms with Crippen molar-refractivity contribution in [2.75, 3.05) is 6.54 Å². The normalized spacial score (nSPS) is 18.8. The van der Waals surface area contributed by atoms with Gasteiger partial charge in [0.15, 0.2) is 0 Å². The zero-order valence-corrected chi connectivity index (χ0v) is 14.9. The fourth-order valence-electron chi connectivity index (χ4n) is 3.03. The molecule has 2 heterocycles. The molecular weight excluding hydrogens is 338 g/mol. The molecule has 1 fully saturated rings. The Balaban J connectivity index is 1.68. The van der Waals surface area contributed by atoms with Crippen LogP contribution in [0, 0.1) is 11.3 Å². The Morgan fingerprint density at radius 1 is 1.44 bits per heavy atom. The summed E-state index contributed by atoms with van der Waals surface area (Å²) in [4.78, 5) is 7.33. The van der Waals surface area contributed by atoms with Gasteiger partial charge in [0.2, 0.25) is 0 Å². The number of rotatable bonds is 5. The van der Waals surface area contributed by atoms with Gasteiger partial charge < -0.3 is 4.98 Å². The molecule has 7 nitrogen and oxygen atoms in total. The monoisotopic (exact) mass is 359 g/mol. The number of benzene rings is 1. The van der Waals surface area contributed by atoms with E-state index in [0.717, 1.165) is 30.5 Å². The first-order valence-corrected chi connectivity index (χ1v) is 9.74. The van der Waals surface area contributed by atoms with Gasteiger partial charge in [-0.1, -0.05) is 18.6 Å². The molecule has 1 aromatic carbocycles. The van der Waals surface area contributed by atoms with E-state index in [-0.39, 0.29) is 12.6 Å². The lowest BCUT2D eigenvalue weighted by molar-refractivity contribution is 0.265. The van der Waals surface area contributed by atoms with Crippen LogP contribution in [0.2, 0.25) is 0 Å². The van der Waals surface area contributed by atoms with E-state index in [0.29, 0.717) is 17.9 Å². The van der Waals surface area contributed by atoms with Crippen molar-refractivity contribution in [2.24, 2.45) is 0 Å². The number of nitriles is 1. The van der Waals surface area contributed by atoms with Crippen LogP contribution in [0.15, 0.2) is 30.5 Å². The van der Waals surface area contributed by atoms with Crippen molar-refractivity contribution in [3.8, 4) is 17.3 Å². The highest BCUT2D eigenvalue weighted by atomic mass is 32.2. The maximum atomic E-state index is 12.5. The number of nitrogens with one attached hydrogen (secondary N) is 2. The third kappa shape index (κ3) is 4.07. The number of nitrogens with zero attached hydrogens (tertiary/aromatic N) is 3. The number of hydrogen-bond acceptors (Lipinski definition) is 4. The van der Waals surface area contributed by atoms with Crippen molar-refractivity contribution >= 4 is 10.2 Å². The van der Waals surface area contributed by atoms with E-state index in [2.05, 4.69) is 20.8 Å². The average molecular weight is 359 g/mol. The van der Waals surface area contributed by atoms with E-state index in [1.54, 1.807) is 24.4 Å². The van der Waals surface area contributed by atoms with Gasteiger partial charge in [0.05, 0.1) is 30.1 Å². The molecule has 25 heavy (non-hydrogen) atoms. The first-order valence-electron chi connectivity index (χ1n) is 8.30. The highest BCUT2D eigenvalue weighted by molar-refractivity contribution is 7.87. The fraction of sp³-hybridized carbons (Fsp3) is 0.412. The maximum absolute atomic E-state index is 12.5. The minimum atomic E-state index is -3.52. The predicted molar refractivity (Wildman–Crippen MR) is 94.5 cm³/mol. The summed E-state index contributed by atoms with van der Waals surface area (Å²) >= 11 is 0. The minimum Gasteiger partial charge on any atom is -0.341 e. The molecule has 8 heteroatoms. The molecule has 1 unspecified atom stereocenters. The van der Waals surface area contributed by atoms with Crippen LogP contribution in [0.25, 0.3) is 11.3 Å². The van der Waals surface area contributed by atoms with Crippen LogP contribution in [0.1, 0.15) is 37.6 Å². The largest absolute Gasteiger partial charge is 0.341 e. The Labute approximate surface area is 147 Å². The molecule has 3 rings (SSSR count). The molecule has 1 saturated heterocycles. The lowest BCUT2D eigenvalue weighted by atomic mass is 10.1. The molecule has 0 saturated carbocycles. The molecule has 2 N–H and O–H groups in total. The zero-order chi connectivity index (χ0) is 17.9. The molecule has 0 bridgehead atoms. The van der Waals surface area contributed by atoms with Gasteiger partial charge in [0, 0.05) is 18.2 Å². The van der Waals surface area contributed by atoms with Crippen LogP contribution in [0.5, 0.6) is 0 Å². The molecule has 1 aliphatic heterocycles. The second-order valence-corrected chi connectivity index (χ2v) is 7.93. The van der Waals surface area contributed by atoms with Crippen molar-refractivity contribution in [2.45, 2.75) is 38.8 Å². The molecule has 1 aromatic heterocycles. The standard InChI is InChI=1S/C17H21N5O2S/c1-13-5-2-3-8-22(13)25(23,24)20-12-17-19-11-16(21-17)15-7-4-6-14(9-15)10-18/h4,6-7,9,11,13,20H,2-3,5,8,12H2,1H3,(H,19,21). The summed E-state index contributed by atoms with van der Waals surface area (Å²) < 4.78 is 29.1. The van der Waals surface area contributed by atoms with Gasteiger partial charge in [-0.3, -0.25) is 0 Å². The number of hydrogen-bond donors (Lipinski definition) is 2. The van der Waals surface area contributed by atoms with Crippen LogP contribution in [-0.2, 0) is 16.8 Å². The Kier molecular flexibility index (Phi) is 5.18. The van der Waals surface area contributed by atoms with Gasteiger partial charge in [0.25, 0.3) is 10.2 Å². The van der Waals surface area contributed by atoms with Crippen molar-refractivity contribution in [1.82, 2.24) is 19.0 Å². The molecular formula is C17H21N5O2S. The molecule has 0 amide bonds. The number of H-pyrrole nitrogens is 1. The Morgan fingerprint density at radius 2 is 2.28 bits per heavy atom. The molecule has 0 spiro atoms. The Hall–Kier alpha value is -2.21. The molecule has 1 atom stereocenters. The van der Waals surface area contributed by atoms with Crippen molar-refractivity contribution in [3.05, 3.63) is 41.9 Å². The smallest absolute Gasteiger partial charge is 0.280 e. The highest BCUT2D eigenvalue weighted by Gasteiger charge is 2.29. The average Bonchev–Trinajstić information content (AvgIpc) is 3.09. The number of imidazole rings is 1. The summed E-state index contributed by atoms with van der Waals surface area (Å²) in [6.45, 7) is 2.59. The summed E-state index contributed by atoms with van der Waals surface area (Å²) in [6.07, 6.45) is 4.49. The zero-order valence-electron chi connectivity index (χ0n) is 14.1. The van der Waals surface area contributed by atoms with Crippen LogP contribution in [0.3, 0.4) is 0 Å². The van der Waals surface area contributed by atoms with Gasteiger partial charge in [-0.05, 0) is 31.9 Å². The minimum absolute atomic E-state index is 0.0205. The van der Waals surface area contributed by atoms with Crippen molar-refractivity contribution in [1.29, 1.82) is 5.26 Å².